The molecule has 1 aliphatic rings. The fourth-order valence-corrected chi connectivity index (χ4v) is 1.77. The highest BCUT2D eigenvalue weighted by molar-refractivity contribution is 6.18. The zero-order valence-electron chi connectivity index (χ0n) is 7.22. The highest BCUT2D eigenvalue weighted by Gasteiger charge is 2.23. The lowest BCUT2D eigenvalue weighted by Crippen LogP contribution is -2.50. The molecule has 0 aromatic carbocycles. The minimum atomic E-state index is 0.525. The maximum absolute atomic E-state index is 5.68. The van der Waals surface area contributed by atoms with Gasteiger partial charge >= 0.3 is 0 Å². The van der Waals surface area contributed by atoms with Crippen molar-refractivity contribution in [3.05, 3.63) is 0 Å². The molecule has 1 aliphatic heterocycles. The van der Waals surface area contributed by atoms with Crippen LogP contribution in [0.3, 0.4) is 0 Å². The molecule has 0 aromatic rings. The molecule has 0 radical (unpaired) electrons. The maximum Gasteiger partial charge on any atom is 0.0620 e. The van der Waals surface area contributed by atoms with Gasteiger partial charge in [-0.25, -0.2) is 0 Å². The molecule has 0 aromatic heterocycles. The van der Waals surface area contributed by atoms with Gasteiger partial charge in [-0.15, -0.1) is 11.6 Å². The number of alkyl halides is 1. The van der Waals surface area contributed by atoms with Crippen LogP contribution in [-0.4, -0.2) is 42.6 Å². The molecule has 0 aliphatic carbocycles. The van der Waals surface area contributed by atoms with Crippen molar-refractivity contribution in [1.82, 2.24) is 4.90 Å². The fraction of sp³-hybridized carbons (Fsp3) is 1.00. The molecule has 0 N–H and O–H groups in total. The van der Waals surface area contributed by atoms with Gasteiger partial charge in [0.25, 0.3) is 0 Å². The molecular weight excluding hydrogens is 162 g/mol. The van der Waals surface area contributed by atoms with Gasteiger partial charge in [0.2, 0.25) is 0 Å². The molecule has 2 atom stereocenters. The smallest absolute Gasteiger partial charge is 0.0620 e. The third kappa shape index (κ3) is 2.32. The second-order valence-electron chi connectivity index (χ2n) is 3.16. The van der Waals surface area contributed by atoms with Gasteiger partial charge in [-0.2, -0.15) is 0 Å². The summed E-state index contributed by atoms with van der Waals surface area (Å²) < 4.78 is 5.39. The minimum absolute atomic E-state index is 0.525. The van der Waals surface area contributed by atoms with Gasteiger partial charge in [-0.05, 0) is 13.8 Å². The molecule has 11 heavy (non-hydrogen) atoms. The standard InChI is InChI=1S/C8H16ClNO/c1-7-5-11-6-8(2)10(7)4-3-9/h7-8H,3-6H2,1-2H3/t7-,8+. The third-order valence-corrected chi connectivity index (χ3v) is 2.36. The van der Waals surface area contributed by atoms with E-state index in [1.54, 1.807) is 0 Å². The Morgan fingerprint density at radius 2 is 1.91 bits per heavy atom. The third-order valence-electron chi connectivity index (χ3n) is 2.19. The topological polar surface area (TPSA) is 12.5 Å². The largest absolute Gasteiger partial charge is 0.378 e. The molecule has 66 valence electrons. The molecule has 0 amide bonds. The molecule has 3 heteroatoms. The van der Waals surface area contributed by atoms with Crippen molar-refractivity contribution in [3.8, 4) is 0 Å². The van der Waals surface area contributed by atoms with E-state index < -0.39 is 0 Å². The molecule has 1 heterocycles. The van der Waals surface area contributed by atoms with E-state index in [0.717, 1.165) is 19.8 Å². The molecule has 0 bridgehead atoms. The van der Waals surface area contributed by atoms with Crippen LogP contribution in [0.5, 0.6) is 0 Å². The van der Waals surface area contributed by atoms with Crippen LogP contribution in [0.1, 0.15) is 13.8 Å². The predicted octanol–water partition coefficient (Wildman–Crippen LogP) is 1.33. The van der Waals surface area contributed by atoms with Gasteiger partial charge in [-0.3, -0.25) is 4.90 Å². The van der Waals surface area contributed by atoms with E-state index in [2.05, 4.69) is 18.7 Å². The molecule has 2 nitrogen and oxygen atoms in total. The maximum atomic E-state index is 5.68. The molecular formula is C8H16ClNO. The molecule has 1 fully saturated rings. The molecule has 0 saturated carbocycles. The van der Waals surface area contributed by atoms with Crippen LogP contribution >= 0.6 is 11.6 Å². The number of nitrogens with zero attached hydrogens (tertiary/aromatic N) is 1. The number of rotatable bonds is 2. The normalized spacial score (nSPS) is 34.1. The van der Waals surface area contributed by atoms with Crippen LogP contribution in [0.25, 0.3) is 0 Å². The summed E-state index contributed by atoms with van der Waals surface area (Å²) in [6, 6.07) is 1.05. The van der Waals surface area contributed by atoms with Crippen molar-refractivity contribution in [1.29, 1.82) is 0 Å². The zero-order chi connectivity index (χ0) is 8.27. The van der Waals surface area contributed by atoms with Crippen LogP contribution in [0.15, 0.2) is 0 Å². The van der Waals surface area contributed by atoms with E-state index >= 15 is 0 Å². The quantitative estimate of drug-likeness (QED) is 0.591. The average Bonchev–Trinajstić information content (AvgIpc) is 1.97. The highest BCUT2D eigenvalue weighted by atomic mass is 35.5. The van der Waals surface area contributed by atoms with E-state index in [4.69, 9.17) is 16.3 Å². The Labute approximate surface area is 73.5 Å². The van der Waals surface area contributed by atoms with Gasteiger partial charge in [0.15, 0.2) is 0 Å². The number of halogens is 1. The first-order valence-electron chi connectivity index (χ1n) is 4.15. The second-order valence-corrected chi connectivity index (χ2v) is 3.54. The highest BCUT2D eigenvalue weighted by Crippen LogP contribution is 2.12. The Morgan fingerprint density at radius 3 is 2.36 bits per heavy atom. The number of hydrogen-bond donors (Lipinski definition) is 0. The Bertz CT molecular complexity index is 111. The SMILES string of the molecule is C[C@@H]1COC[C@H](C)N1CCCl. The minimum Gasteiger partial charge on any atom is -0.378 e. The fourth-order valence-electron chi connectivity index (χ4n) is 1.57. The van der Waals surface area contributed by atoms with Crippen molar-refractivity contribution >= 4 is 11.6 Å². The van der Waals surface area contributed by atoms with E-state index in [1.807, 2.05) is 0 Å². The molecule has 1 saturated heterocycles. The summed E-state index contributed by atoms with van der Waals surface area (Å²) in [5, 5.41) is 0. The first-order chi connectivity index (χ1) is 5.25. The first-order valence-corrected chi connectivity index (χ1v) is 4.68. The summed E-state index contributed by atoms with van der Waals surface area (Å²) in [5.41, 5.74) is 0. The summed E-state index contributed by atoms with van der Waals surface area (Å²) in [6.07, 6.45) is 0. The van der Waals surface area contributed by atoms with Gasteiger partial charge in [-0.1, -0.05) is 0 Å². The Morgan fingerprint density at radius 1 is 1.36 bits per heavy atom. The Hall–Kier alpha value is 0.210. The lowest BCUT2D eigenvalue weighted by molar-refractivity contribution is -0.0334. The van der Waals surface area contributed by atoms with Crippen molar-refractivity contribution in [2.45, 2.75) is 25.9 Å². The molecule has 0 spiro atoms. The van der Waals surface area contributed by atoms with E-state index in [9.17, 15) is 0 Å². The number of hydrogen-bond acceptors (Lipinski definition) is 2. The van der Waals surface area contributed by atoms with E-state index in [-0.39, 0.29) is 0 Å². The van der Waals surface area contributed by atoms with Crippen LogP contribution in [0.4, 0.5) is 0 Å². The zero-order valence-corrected chi connectivity index (χ0v) is 7.97. The van der Waals surface area contributed by atoms with Crippen molar-refractivity contribution in [3.63, 3.8) is 0 Å². The summed E-state index contributed by atoms with van der Waals surface area (Å²) in [5.74, 6) is 0.717. The van der Waals surface area contributed by atoms with Gasteiger partial charge in [0, 0.05) is 24.5 Å². The first kappa shape index (κ1) is 9.30. The second kappa shape index (κ2) is 4.29. The monoisotopic (exact) mass is 177 g/mol. The van der Waals surface area contributed by atoms with Crippen LogP contribution in [0, 0.1) is 0 Å². The molecule has 0 unspecified atom stereocenters. The predicted molar refractivity (Wildman–Crippen MR) is 47.2 cm³/mol. The average molecular weight is 178 g/mol. The van der Waals surface area contributed by atoms with Crippen LogP contribution in [-0.2, 0) is 4.74 Å². The summed E-state index contributed by atoms with van der Waals surface area (Å²) >= 11 is 5.68. The lowest BCUT2D eigenvalue weighted by atomic mass is 10.2. The summed E-state index contributed by atoms with van der Waals surface area (Å²) in [4.78, 5) is 2.40. The van der Waals surface area contributed by atoms with E-state index in [1.165, 1.54) is 0 Å². The Balaban J connectivity index is 2.41. The van der Waals surface area contributed by atoms with Crippen molar-refractivity contribution < 1.29 is 4.74 Å². The van der Waals surface area contributed by atoms with Crippen LogP contribution < -0.4 is 0 Å². The van der Waals surface area contributed by atoms with Gasteiger partial charge < -0.3 is 4.74 Å². The summed E-state index contributed by atoms with van der Waals surface area (Å²) in [6.45, 7) is 7.04. The summed E-state index contributed by atoms with van der Waals surface area (Å²) in [7, 11) is 0. The number of morpholine rings is 1. The van der Waals surface area contributed by atoms with Crippen molar-refractivity contribution in [2.75, 3.05) is 25.6 Å². The van der Waals surface area contributed by atoms with E-state index in [0.29, 0.717) is 18.0 Å². The number of ether oxygens (including phenoxy) is 1. The van der Waals surface area contributed by atoms with Crippen molar-refractivity contribution in [2.24, 2.45) is 0 Å². The lowest BCUT2D eigenvalue weighted by Gasteiger charge is -2.38. The van der Waals surface area contributed by atoms with Gasteiger partial charge in [0.1, 0.15) is 0 Å². The Kier molecular flexibility index (Phi) is 3.63. The van der Waals surface area contributed by atoms with Crippen LogP contribution in [0.2, 0.25) is 0 Å². The molecule has 1 rings (SSSR count). The van der Waals surface area contributed by atoms with Gasteiger partial charge in [0.05, 0.1) is 13.2 Å².